The zero-order chi connectivity index (χ0) is 64.7. The highest BCUT2D eigenvalue weighted by atomic mass is 16.8. The van der Waals surface area contributed by atoms with Crippen LogP contribution in [0.3, 0.4) is 0 Å². The first-order chi connectivity index (χ1) is 42.1. The molecule has 6 heterocycles. The van der Waals surface area contributed by atoms with Crippen LogP contribution in [0.5, 0.6) is 0 Å². The first-order valence-corrected chi connectivity index (χ1v) is 30.5. The topological polar surface area (TPSA) is 536 Å². The van der Waals surface area contributed by atoms with E-state index in [1.165, 1.54) is 0 Å². The molecule has 4 saturated carbocycles. The summed E-state index contributed by atoms with van der Waals surface area (Å²) in [5, 5.41) is 227. The van der Waals surface area contributed by atoms with Gasteiger partial charge >= 0.3 is 0 Å². The van der Waals surface area contributed by atoms with Gasteiger partial charge < -0.3 is 164 Å². The number of hydrogen-bond acceptors (Lipinski definition) is 33. The van der Waals surface area contributed by atoms with Crippen LogP contribution < -0.4 is 0 Å². The fourth-order valence-electron chi connectivity index (χ4n) is 16.6. The molecule has 21 N–H and O–H groups in total. The van der Waals surface area contributed by atoms with Gasteiger partial charge in [0.15, 0.2) is 44.0 Å². The molecule has 37 atom stereocenters. The Kier molecular flexibility index (Phi) is 21.7. The Labute approximate surface area is 510 Å². The Morgan fingerprint density at radius 2 is 0.798 bits per heavy atom. The van der Waals surface area contributed by atoms with Gasteiger partial charge in [0.25, 0.3) is 0 Å². The third kappa shape index (κ3) is 12.4. The van der Waals surface area contributed by atoms with Gasteiger partial charge in [0.05, 0.1) is 45.2 Å². The van der Waals surface area contributed by atoms with Crippen molar-refractivity contribution in [1.82, 2.24) is 0 Å². The number of fused-ring (bicyclic) bond motifs is 3. The van der Waals surface area contributed by atoms with Gasteiger partial charge in [0.2, 0.25) is 0 Å². The highest BCUT2D eigenvalue weighted by Crippen LogP contribution is 2.74. The fraction of sp³-hybridized carbons (Fsp3) is 0.964. The molecule has 10 rings (SSSR count). The van der Waals surface area contributed by atoms with Crippen molar-refractivity contribution in [3.8, 4) is 0 Å². The van der Waals surface area contributed by atoms with Crippen molar-refractivity contribution in [2.24, 2.45) is 28.1 Å². The maximum absolute atomic E-state index is 12.3. The third-order valence-electron chi connectivity index (χ3n) is 21.5. The van der Waals surface area contributed by atoms with E-state index in [1.54, 1.807) is 0 Å². The minimum Gasteiger partial charge on any atom is -0.394 e. The Morgan fingerprint density at radius 3 is 1.27 bits per heavy atom. The predicted octanol–water partition coefficient (Wildman–Crippen LogP) is -9.67. The number of rotatable bonds is 19. The van der Waals surface area contributed by atoms with Crippen molar-refractivity contribution in [2.75, 3.05) is 39.6 Å². The van der Waals surface area contributed by atoms with E-state index in [9.17, 15) is 107 Å². The van der Waals surface area contributed by atoms with Gasteiger partial charge in [-0.1, -0.05) is 26.8 Å². The summed E-state index contributed by atoms with van der Waals surface area (Å²) in [6.07, 6.45) is -51.5. The van der Waals surface area contributed by atoms with Crippen LogP contribution in [-0.4, -0.2) is 343 Å². The zero-order valence-corrected chi connectivity index (χ0v) is 49.2. The molecule has 0 aromatic heterocycles. The summed E-state index contributed by atoms with van der Waals surface area (Å²) < 4.78 is 72.0. The minimum atomic E-state index is -2.17. The number of ether oxygens (including phenoxy) is 12. The van der Waals surface area contributed by atoms with E-state index in [4.69, 9.17) is 56.8 Å². The van der Waals surface area contributed by atoms with Crippen LogP contribution >= 0.6 is 0 Å². The lowest BCUT2D eigenvalue weighted by molar-refractivity contribution is -0.405. The molecular formula is C56H92O33. The van der Waals surface area contributed by atoms with E-state index >= 15 is 0 Å². The van der Waals surface area contributed by atoms with Gasteiger partial charge in [-0.05, 0) is 79.6 Å². The van der Waals surface area contributed by atoms with Gasteiger partial charge in [-0.25, -0.2) is 0 Å². The summed E-state index contributed by atoms with van der Waals surface area (Å²) in [4.78, 5) is 0. The average Bonchev–Trinajstić information content (AvgIpc) is 1.71. The van der Waals surface area contributed by atoms with Crippen LogP contribution in [0.1, 0.15) is 71.6 Å². The highest BCUT2D eigenvalue weighted by Gasteiger charge is 2.70. The summed E-state index contributed by atoms with van der Waals surface area (Å²) >= 11 is 0. The molecule has 2 bridgehead atoms. The van der Waals surface area contributed by atoms with Crippen molar-refractivity contribution in [3.05, 3.63) is 12.2 Å². The van der Waals surface area contributed by atoms with Crippen molar-refractivity contribution < 1.29 is 164 Å². The SMILES string of the molecule is C=C1C[C@@]23CCC4[C@](C)(C(O)OC5OC(CO)C(OC6OC(CO)C(O)C(O)C6O)C(O)C5O)CCC[C@@]4(C)[C@@H]2CC[C@]1(OC1OC(CO)C(O)C(OC2OC(CO)C(OC4OC(CO)C(O)C(O)C4O)C(O)C2O)C1OC1OC(CO)C(O)C(O)C1O)C3. The van der Waals surface area contributed by atoms with Crippen molar-refractivity contribution in [3.63, 3.8) is 0 Å². The monoisotopic (exact) mass is 1290 g/mol. The summed E-state index contributed by atoms with van der Waals surface area (Å²) in [7, 11) is 0. The average molecular weight is 1290 g/mol. The van der Waals surface area contributed by atoms with Crippen LogP contribution in [0.25, 0.3) is 0 Å². The highest BCUT2D eigenvalue weighted by molar-refractivity contribution is 5.30. The standard InChI is InChI=1S/C56H92O33/c1-19-11-55-9-5-26-53(2,7-4-8-54(26,3)52(77)88-50-41(76)36(71)43(25(17-62)83-50)85-47-38(73)33(68)29(64)21(13-58)79-47)27(55)6-10-56(19,18-55)89-51-45(87-48-39(74)34(69)30(65)22(14-59)80-48)44(31(66)23(15-60)81-51)86-49-40(75)35(70)42(24(16-61)82-49)84-46-37(72)32(67)28(63)20(12-57)78-46/h20-52,57-77H,1,4-18H2,2-3H3/t20?,21?,22?,23?,24?,25?,26?,27-,28?,29?,30?,31?,32?,33?,34?,35?,36?,37?,38?,39?,40?,41?,42?,43?,44?,45?,46?,47?,48?,49?,50?,51?,52?,53+,54+,55+,56-/m0/s1. The van der Waals surface area contributed by atoms with E-state index in [0.29, 0.717) is 50.5 Å². The van der Waals surface area contributed by atoms with Crippen LogP contribution in [0, 0.1) is 28.1 Å². The van der Waals surface area contributed by atoms with E-state index in [-0.39, 0.29) is 18.3 Å². The smallest absolute Gasteiger partial charge is 0.189 e. The second kappa shape index (κ2) is 27.5. The molecule has 89 heavy (non-hydrogen) atoms. The molecule has 32 unspecified atom stereocenters. The Morgan fingerprint density at radius 1 is 0.416 bits per heavy atom. The lowest BCUT2D eigenvalue weighted by Crippen LogP contribution is -2.68. The Bertz CT molecular complexity index is 2340. The summed E-state index contributed by atoms with van der Waals surface area (Å²) in [5.74, 6) is -0.299. The predicted molar refractivity (Wildman–Crippen MR) is 285 cm³/mol. The van der Waals surface area contributed by atoms with Crippen LogP contribution in [0.2, 0.25) is 0 Å². The van der Waals surface area contributed by atoms with Crippen LogP contribution in [0.15, 0.2) is 12.2 Å². The van der Waals surface area contributed by atoms with E-state index in [2.05, 4.69) is 13.5 Å². The van der Waals surface area contributed by atoms with E-state index in [1.807, 2.05) is 6.92 Å². The van der Waals surface area contributed by atoms with Crippen molar-refractivity contribution in [1.29, 1.82) is 0 Å². The first-order valence-electron chi connectivity index (χ1n) is 30.5. The number of hydrogen-bond donors (Lipinski definition) is 21. The Hall–Kier alpha value is -1.58. The van der Waals surface area contributed by atoms with Gasteiger partial charge in [-0.15, -0.1) is 0 Å². The molecule has 6 aliphatic heterocycles. The lowest BCUT2D eigenvalue weighted by atomic mass is 9.40. The lowest BCUT2D eigenvalue weighted by Gasteiger charge is -2.65. The molecule has 514 valence electrons. The van der Waals surface area contributed by atoms with Crippen LogP contribution in [0.4, 0.5) is 0 Å². The zero-order valence-electron chi connectivity index (χ0n) is 49.2. The van der Waals surface area contributed by atoms with Gasteiger partial charge in [-0.2, -0.15) is 0 Å². The fourth-order valence-corrected chi connectivity index (χ4v) is 16.6. The maximum atomic E-state index is 12.3. The number of aliphatic hydroxyl groups is 21. The molecule has 0 aromatic carbocycles. The van der Waals surface area contributed by atoms with E-state index in [0.717, 1.165) is 6.42 Å². The molecule has 4 aliphatic carbocycles. The van der Waals surface area contributed by atoms with Gasteiger partial charge in [-0.3, -0.25) is 0 Å². The van der Waals surface area contributed by atoms with E-state index < -0.39 is 252 Å². The third-order valence-corrected chi connectivity index (χ3v) is 21.5. The molecule has 0 aromatic rings. The van der Waals surface area contributed by atoms with Crippen LogP contribution in [-0.2, 0) is 56.8 Å². The second-order valence-electron chi connectivity index (χ2n) is 26.6. The molecule has 6 saturated heterocycles. The molecule has 1 spiro atoms. The molecule has 0 amide bonds. The van der Waals surface area contributed by atoms with Gasteiger partial charge in [0, 0.05) is 5.41 Å². The molecule has 10 aliphatic rings. The quantitative estimate of drug-likeness (QED) is 0.0324. The molecule has 0 radical (unpaired) electrons. The minimum absolute atomic E-state index is 0.0603. The van der Waals surface area contributed by atoms with Crippen molar-refractivity contribution >= 4 is 0 Å². The summed E-state index contributed by atoms with van der Waals surface area (Å²) in [5.41, 5.74) is -2.66. The second-order valence-corrected chi connectivity index (χ2v) is 26.6. The normalized spacial score (nSPS) is 54.9. The molecule has 10 fully saturated rings. The number of aliphatic hydroxyl groups excluding tert-OH is 21. The largest absolute Gasteiger partial charge is 0.394 e. The Balaban J connectivity index is 0.871. The molecule has 33 nitrogen and oxygen atoms in total. The van der Waals surface area contributed by atoms with Gasteiger partial charge in [0.1, 0.15) is 146 Å². The molecule has 33 heteroatoms. The molecular weight excluding hydrogens is 1200 g/mol. The maximum Gasteiger partial charge on any atom is 0.189 e. The first kappa shape index (κ1) is 70.2. The summed E-state index contributed by atoms with van der Waals surface area (Å²) in [6.45, 7) is 3.37. The summed E-state index contributed by atoms with van der Waals surface area (Å²) in [6, 6.07) is 0. The van der Waals surface area contributed by atoms with Crippen molar-refractivity contribution in [2.45, 2.75) is 268 Å².